The molecule has 0 aliphatic carbocycles. The van der Waals surface area contributed by atoms with Gasteiger partial charge in [-0.3, -0.25) is 0 Å². The highest BCUT2D eigenvalue weighted by Gasteiger charge is 2.44. The molecular weight excluding hydrogens is 556 g/mol. The molecule has 0 nitrogen and oxygen atoms in total. The normalized spacial score (nSPS) is 10.9. The van der Waals surface area contributed by atoms with Crippen molar-refractivity contribution in [1.29, 1.82) is 0 Å². The van der Waals surface area contributed by atoms with Crippen LogP contribution in [0.4, 0.5) is 0 Å². The lowest BCUT2D eigenvalue weighted by Crippen LogP contribution is -3.00. The maximum atomic E-state index is 2.32. The molecular formula is C20H22I2P2. The van der Waals surface area contributed by atoms with Crippen LogP contribution >= 0.6 is 39.2 Å². The van der Waals surface area contributed by atoms with E-state index in [1.807, 2.05) is 0 Å². The molecule has 0 spiro atoms. The van der Waals surface area contributed by atoms with Crippen LogP contribution in [0.1, 0.15) is 6.92 Å². The molecule has 3 aromatic carbocycles. The molecule has 3 rings (SSSR count). The summed E-state index contributed by atoms with van der Waals surface area (Å²) in [5, 5.41) is 4.48. The molecule has 0 aliphatic rings. The van der Waals surface area contributed by atoms with E-state index in [0.717, 1.165) is 8.27 Å². The lowest BCUT2D eigenvalue weighted by Gasteiger charge is -2.26. The standard InChI is InChI=1S/C20H21P2.2HI/c1-2-21-22(18-12-6-3-7-13-18,19-14-8-4-9-15-19)20-16-10-5-11-17-20;;/h3-17,21H,2H2,1H3;2*1H/q+1;;/p-1. The Morgan fingerprint density at radius 3 is 1.17 bits per heavy atom. The third-order valence-corrected chi connectivity index (χ3v) is 12.5. The molecule has 0 saturated carbocycles. The van der Waals surface area contributed by atoms with Gasteiger partial charge in [-0.15, -0.1) is 24.0 Å². The van der Waals surface area contributed by atoms with Gasteiger partial charge in [-0.05, 0) is 42.6 Å². The Kier molecular flexibility index (Phi) is 9.96. The van der Waals surface area contributed by atoms with E-state index in [1.54, 1.807) is 0 Å². The molecule has 0 aliphatic heterocycles. The fourth-order valence-corrected chi connectivity index (χ4v) is 11.1. The average Bonchev–Trinajstić information content (AvgIpc) is 2.62. The van der Waals surface area contributed by atoms with Gasteiger partial charge in [-0.1, -0.05) is 61.5 Å². The zero-order chi connectivity index (χ0) is 15.3. The Bertz CT molecular complexity index is 607. The Hall–Kier alpha value is -0.0200. The van der Waals surface area contributed by atoms with Gasteiger partial charge in [0.25, 0.3) is 0 Å². The molecule has 0 bridgehead atoms. The first-order valence-corrected chi connectivity index (χ1v) is 11.5. The highest BCUT2D eigenvalue weighted by Crippen LogP contribution is 2.70. The van der Waals surface area contributed by atoms with Crippen molar-refractivity contribution in [2.24, 2.45) is 0 Å². The molecule has 0 fully saturated rings. The van der Waals surface area contributed by atoms with Gasteiger partial charge < -0.3 is 24.0 Å². The second-order valence-corrected chi connectivity index (χ2v) is 12.1. The van der Waals surface area contributed by atoms with E-state index in [2.05, 4.69) is 97.9 Å². The quantitative estimate of drug-likeness (QED) is 0.322. The van der Waals surface area contributed by atoms with E-state index in [9.17, 15) is 0 Å². The highest BCUT2D eigenvalue weighted by molar-refractivity contribution is 14.0. The maximum absolute atomic E-state index is 2.32. The number of hydrogen-bond acceptors (Lipinski definition) is 0. The van der Waals surface area contributed by atoms with Gasteiger partial charge in [0.2, 0.25) is 0 Å². The topological polar surface area (TPSA) is 0 Å². The van der Waals surface area contributed by atoms with E-state index < -0.39 is 6.95 Å². The minimum atomic E-state index is -1.53. The van der Waals surface area contributed by atoms with Crippen molar-refractivity contribution >= 4 is 55.1 Å². The van der Waals surface area contributed by atoms with Crippen LogP contribution < -0.4 is 39.9 Å². The number of halogens is 2. The predicted molar refractivity (Wildman–Crippen MR) is 119 cm³/mol. The minimum absolute atomic E-state index is 0. The van der Waals surface area contributed by atoms with Gasteiger partial charge in [-0.25, -0.2) is 0 Å². The van der Waals surface area contributed by atoms with Crippen molar-refractivity contribution in [3.63, 3.8) is 0 Å². The minimum Gasteiger partial charge on any atom is -1.00 e. The van der Waals surface area contributed by atoms with Crippen molar-refractivity contribution in [2.45, 2.75) is 6.92 Å². The second-order valence-electron chi connectivity index (χ2n) is 5.19. The largest absolute Gasteiger partial charge is 1.00 e. The van der Waals surface area contributed by atoms with E-state index >= 15 is 0 Å². The highest BCUT2D eigenvalue weighted by atomic mass is 127. The van der Waals surface area contributed by atoms with Gasteiger partial charge in [0, 0.05) is 0 Å². The summed E-state index contributed by atoms with van der Waals surface area (Å²) in [5.41, 5.74) is 0. The van der Waals surface area contributed by atoms with Crippen molar-refractivity contribution < 1.29 is 24.0 Å². The summed E-state index contributed by atoms with van der Waals surface area (Å²) in [6, 6.07) is 33.3. The SMILES string of the molecule is CCP[P+](c1ccccc1)(c1ccccc1)c1ccccc1.I.[I-]. The summed E-state index contributed by atoms with van der Waals surface area (Å²) in [4.78, 5) is 0. The van der Waals surface area contributed by atoms with Crippen LogP contribution in [0.2, 0.25) is 0 Å². The molecule has 0 N–H and O–H groups in total. The molecule has 3 aromatic rings. The molecule has 24 heavy (non-hydrogen) atoms. The molecule has 0 aromatic heterocycles. The third-order valence-electron chi connectivity index (χ3n) is 3.83. The smallest absolute Gasteiger partial charge is 0.127 e. The van der Waals surface area contributed by atoms with Crippen molar-refractivity contribution in [2.75, 3.05) is 6.16 Å². The Morgan fingerprint density at radius 2 is 0.917 bits per heavy atom. The zero-order valence-corrected chi connectivity index (χ0v) is 20.0. The molecule has 0 amide bonds. The maximum Gasteiger partial charge on any atom is 0.127 e. The van der Waals surface area contributed by atoms with Crippen molar-refractivity contribution in [1.82, 2.24) is 0 Å². The zero-order valence-electron chi connectivity index (χ0n) is 13.6. The summed E-state index contributed by atoms with van der Waals surface area (Å²) >= 11 is 0. The van der Waals surface area contributed by atoms with Crippen molar-refractivity contribution in [3.05, 3.63) is 91.0 Å². The number of rotatable bonds is 5. The second kappa shape index (κ2) is 10.9. The lowest BCUT2D eigenvalue weighted by molar-refractivity contribution is -0.00000427. The molecule has 0 saturated heterocycles. The average molecular weight is 578 g/mol. The fourth-order valence-electron chi connectivity index (χ4n) is 2.91. The Labute approximate surface area is 181 Å². The van der Waals surface area contributed by atoms with E-state index in [0.29, 0.717) is 0 Å². The summed E-state index contributed by atoms with van der Waals surface area (Å²) < 4.78 is 0. The number of benzene rings is 3. The molecule has 0 radical (unpaired) electrons. The molecule has 4 heteroatoms. The van der Waals surface area contributed by atoms with Crippen LogP contribution in [0.3, 0.4) is 0 Å². The van der Waals surface area contributed by atoms with Crippen LogP contribution in [0.25, 0.3) is 0 Å². The van der Waals surface area contributed by atoms with E-state index in [-0.39, 0.29) is 48.0 Å². The van der Waals surface area contributed by atoms with Gasteiger partial charge in [0.1, 0.15) is 22.9 Å². The summed E-state index contributed by atoms with van der Waals surface area (Å²) in [6.07, 6.45) is 1.21. The lowest BCUT2D eigenvalue weighted by atomic mass is 10.4. The monoisotopic (exact) mass is 578 g/mol. The van der Waals surface area contributed by atoms with E-state index in [4.69, 9.17) is 0 Å². The molecule has 1 unspecified atom stereocenters. The van der Waals surface area contributed by atoms with Gasteiger partial charge in [0.05, 0.1) is 8.27 Å². The Morgan fingerprint density at radius 1 is 0.625 bits per heavy atom. The fraction of sp³-hybridized carbons (Fsp3) is 0.100. The van der Waals surface area contributed by atoms with Crippen LogP contribution in [0.5, 0.6) is 0 Å². The summed E-state index contributed by atoms with van der Waals surface area (Å²) in [5.74, 6) is 0. The summed E-state index contributed by atoms with van der Waals surface area (Å²) in [7, 11) is 0.920. The van der Waals surface area contributed by atoms with Crippen LogP contribution in [-0.4, -0.2) is 6.16 Å². The third kappa shape index (κ3) is 4.58. The summed E-state index contributed by atoms with van der Waals surface area (Å²) in [6.45, 7) is 0.782. The van der Waals surface area contributed by atoms with Crippen LogP contribution in [0, 0.1) is 0 Å². The van der Waals surface area contributed by atoms with Gasteiger partial charge >= 0.3 is 0 Å². The van der Waals surface area contributed by atoms with Gasteiger partial charge in [-0.2, -0.15) is 0 Å². The van der Waals surface area contributed by atoms with Gasteiger partial charge in [0.15, 0.2) is 0 Å². The Balaban J connectivity index is 0.00000144. The van der Waals surface area contributed by atoms with Crippen LogP contribution in [-0.2, 0) is 0 Å². The van der Waals surface area contributed by atoms with Crippen molar-refractivity contribution in [3.8, 4) is 0 Å². The molecule has 126 valence electrons. The van der Waals surface area contributed by atoms with E-state index in [1.165, 1.54) is 22.1 Å². The molecule has 0 heterocycles. The first kappa shape index (κ1) is 22.0. The number of hydrogen-bond donors (Lipinski definition) is 0. The first-order chi connectivity index (χ1) is 10.9. The predicted octanol–water partition coefficient (Wildman–Crippen LogP) is 2.22. The first-order valence-electron chi connectivity index (χ1n) is 7.69. The molecule has 1 atom stereocenters. The van der Waals surface area contributed by atoms with Crippen LogP contribution in [0.15, 0.2) is 91.0 Å².